The molecule has 0 spiro atoms. The second-order valence-corrected chi connectivity index (χ2v) is 8.38. The molecule has 1 saturated heterocycles. The topological polar surface area (TPSA) is 78.9 Å². The second-order valence-electron chi connectivity index (χ2n) is 6.45. The van der Waals surface area contributed by atoms with Gasteiger partial charge in [0.1, 0.15) is 0 Å². The summed E-state index contributed by atoms with van der Waals surface area (Å²) in [6.07, 6.45) is 2.49. The lowest BCUT2D eigenvalue weighted by atomic mass is 10.1. The van der Waals surface area contributed by atoms with E-state index < -0.39 is 10.0 Å². The zero-order chi connectivity index (χ0) is 18.4. The molecule has 1 fully saturated rings. The van der Waals surface area contributed by atoms with Crippen LogP contribution in [-0.2, 0) is 14.9 Å². The molecule has 1 aromatic carbocycles. The molecule has 2 rings (SSSR count). The van der Waals surface area contributed by atoms with Crippen LogP contribution in [0.25, 0.3) is 0 Å². The standard InChI is InChI=1S/C17H27N3O4S/c1-14(13-20-9-4-5-10-20)12-18-17(21)15-7-6-8-16(11-15)25(22,23)19(2)24-3/h6-8,11,14H,4-5,9-10,12-13H2,1-3H3,(H,18,21). The normalized spacial score (nSPS) is 17.0. The van der Waals surface area contributed by atoms with Gasteiger partial charge in [0, 0.05) is 25.7 Å². The van der Waals surface area contributed by atoms with E-state index in [0.717, 1.165) is 24.1 Å². The largest absolute Gasteiger partial charge is 0.352 e. The molecule has 0 bridgehead atoms. The van der Waals surface area contributed by atoms with E-state index in [0.29, 0.717) is 18.0 Å². The summed E-state index contributed by atoms with van der Waals surface area (Å²) in [5, 5.41) is 2.89. The number of benzene rings is 1. The third-order valence-electron chi connectivity index (χ3n) is 4.37. The number of hydroxylamine groups is 1. The van der Waals surface area contributed by atoms with Crippen LogP contribution in [0.3, 0.4) is 0 Å². The van der Waals surface area contributed by atoms with E-state index >= 15 is 0 Å². The molecule has 7 nitrogen and oxygen atoms in total. The van der Waals surface area contributed by atoms with Crippen LogP contribution in [-0.4, -0.2) is 64.0 Å². The van der Waals surface area contributed by atoms with E-state index in [4.69, 9.17) is 4.84 Å². The molecule has 1 aliphatic rings. The molecular formula is C17H27N3O4S. The molecule has 1 unspecified atom stereocenters. The average molecular weight is 369 g/mol. The van der Waals surface area contributed by atoms with Crippen LogP contribution in [0.1, 0.15) is 30.1 Å². The van der Waals surface area contributed by atoms with Gasteiger partial charge in [-0.15, -0.1) is 0 Å². The van der Waals surface area contributed by atoms with E-state index in [2.05, 4.69) is 17.1 Å². The Morgan fingerprint density at radius 2 is 2.04 bits per heavy atom. The Morgan fingerprint density at radius 3 is 2.68 bits per heavy atom. The highest BCUT2D eigenvalue weighted by Crippen LogP contribution is 2.16. The summed E-state index contributed by atoms with van der Waals surface area (Å²) in [7, 11) is -1.19. The molecule has 140 valence electrons. The van der Waals surface area contributed by atoms with Gasteiger partial charge in [-0.1, -0.05) is 17.5 Å². The van der Waals surface area contributed by atoms with Crippen LogP contribution in [0.5, 0.6) is 0 Å². The Morgan fingerprint density at radius 1 is 1.36 bits per heavy atom. The Bertz CT molecular complexity index is 687. The predicted molar refractivity (Wildman–Crippen MR) is 95.6 cm³/mol. The van der Waals surface area contributed by atoms with Crippen molar-refractivity contribution in [2.24, 2.45) is 5.92 Å². The number of sulfonamides is 1. The van der Waals surface area contributed by atoms with E-state index in [-0.39, 0.29) is 10.8 Å². The summed E-state index contributed by atoms with van der Waals surface area (Å²) >= 11 is 0. The number of amides is 1. The lowest BCUT2D eigenvalue weighted by Gasteiger charge is -2.20. The quantitative estimate of drug-likeness (QED) is 0.700. The minimum atomic E-state index is -3.77. The Hall–Kier alpha value is -1.48. The highest BCUT2D eigenvalue weighted by atomic mass is 32.2. The number of carbonyl (C=O) groups is 1. The van der Waals surface area contributed by atoms with Gasteiger partial charge in [-0.05, 0) is 50.0 Å². The van der Waals surface area contributed by atoms with Gasteiger partial charge in [0.15, 0.2) is 0 Å². The van der Waals surface area contributed by atoms with Gasteiger partial charge in [0.25, 0.3) is 15.9 Å². The summed E-state index contributed by atoms with van der Waals surface area (Å²) < 4.78 is 25.3. The molecular weight excluding hydrogens is 342 g/mol. The number of hydrogen-bond acceptors (Lipinski definition) is 5. The van der Waals surface area contributed by atoms with Crippen molar-refractivity contribution >= 4 is 15.9 Å². The van der Waals surface area contributed by atoms with Gasteiger partial charge in [-0.2, -0.15) is 0 Å². The second kappa shape index (κ2) is 8.75. The van der Waals surface area contributed by atoms with Crippen molar-refractivity contribution in [1.29, 1.82) is 0 Å². The van der Waals surface area contributed by atoms with Crippen molar-refractivity contribution in [2.75, 3.05) is 40.3 Å². The third kappa shape index (κ3) is 5.24. The Kier molecular flexibility index (Phi) is 6.95. The molecule has 0 aromatic heterocycles. The maximum absolute atomic E-state index is 12.3. The van der Waals surface area contributed by atoms with Crippen molar-refractivity contribution < 1.29 is 18.0 Å². The average Bonchev–Trinajstić information content (AvgIpc) is 3.11. The summed E-state index contributed by atoms with van der Waals surface area (Å²) in [5.74, 6) is 0.0685. The van der Waals surface area contributed by atoms with Crippen LogP contribution >= 0.6 is 0 Å². The summed E-state index contributed by atoms with van der Waals surface area (Å²) in [5.41, 5.74) is 0.318. The molecule has 1 aromatic rings. The van der Waals surface area contributed by atoms with Gasteiger partial charge >= 0.3 is 0 Å². The van der Waals surface area contributed by atoms with Crippen molar-refractivity contribution in [3.8, 4) is 0 Å². The third-order valence-corrected chi connectivity index (χ3v) is 6.05. The monoisotopic (exact) mass is 369 g/mol. The molecule has 1 N–H and O–H groups in total. The molecule has 1 heterocycles. The van der Waals surface area contributed by atoms with Crippen LogP contribution in [0, 0.1) is 5.92 Å². The van der Waals surface area contributed by atoms with E-state index in [1.165, 1.54) is 39.1 Å². The highest BCUT2D eigenvalue weighted by molar-refractivity contribution is 7.89. The molecule has 25 heavy (non-hydrogen) atoms. The Labute approximate surface area is 149 Å². The van der Waals surface area contributed by atoms with E-state index in [9.17, 15) is 13.2 Å². The number of likely N-dealkylation sites (tertiary alicyclic amines) is 1. The summed E-state index contributed by atoms with van der Waals surface area (Å²) in [4.78, 5) is 19.5. The van der Waals surface area contributed by atoms with E-state index in [1.54, 1.807) is 12.1 Å². The number of rotatable bonds is 8. The smallest absolute Gasteiger partial charge is 0.264 e. The van der Waals surface area contributed by atoms with Crippen molar-refractivity contribution in [3.63, 3.8) is 0 Å². The molecule has 0 saturated carbocycles. The van der Waals surface area contributed by atoms with Crippen molar-refractivity contribution in [2.45, 2.75) is 24.7 Å². The summed E-state index contributed by atoms with van der Waals surface area (Å²) in [6.45, 7) is 5.89. The lowest BCUT2D eigenvalue weighted by Crippen LogP contribution is -2.34. The van der Waals surface area contributed by atoms with Crippen LogP contribution in [0.15, 0.2) is 29.2 Å². The van der Waals surface area contributed by atoms with Crippen LogP contribution in [0.2, 0.25) is 0 Å². The highest BCUT2D eigenvalue weighted by Gasteiger charge is 2.22. The predicted octanol–water partition coefficient (Wildman–Crippen LogP) is 1.33. The van der Waals surface area contributed by atoms with Gasteiger partial charge in [-0.3, -0.25) is 9.63 Å². The fourth-order valence-electron chi connectivity index (χ4n) is 2.88. The minimum Gasteiger partial charge on any atom is -0.352 e. The first kappa shape index (κ1) is 19.8. The number of carbonyl (C=O) groups excluding carboxylic acids is 1. The fourth-order valence-corrected chi connectivity index (χ4v) is 3.90. The first-order valence-electron chi connectivity index (χ1n) is 8.48. The zero-order valence-corrected chi connectivity index (χ0v) is 15.9. The minimum absolute atomic E-state index is 0.0228. The molecule has 1 amide bonds. The maximum atomic E-state index is 12.3. The molecule has 1 aliphatic heterocycles. The number of hydrogen-bond donors (Lipinski definition) is 1. The zero-order valence-electron chi connectivity index (χ0n) is 15.1. The fraction of sp³-hybridized carbons (Fsp3) is 0.588. The van der Waals surface area contributed by atoms with Crippen molar-refractivity contribution in [3.05, 3.63) is 29.8 Å². The lowest BCUT2D eigenvalue weighted by molar-refractivity contribution is -0.0258. The van der Waals surface area contributed by atoms with Gasteiger partial charge < -0.3 is 10.2 Å². The van der Waals surface area contributed by atoms with Gasteiger partial charge in [-0.25, -0.2) is 8.42 Å². The molecule has 1 atom stereocenters. The summed E-state index contributed by atoms with van der Waals surface area (Å²) in [6, 6.07) is 5.97. The molecule has 8 heteroatoms. The van der Waals surface area contributed by atoms with Gasteiger partial charge in [0.05, 0.1) is 12.0 Å². The molecule has 0 radical (unpaired) electrons. The Balaban J connectivity index is 1.96. The first-order valence-corrected chi connectivity index (χ1v) is 9.92. The van der Waals surface area contributed by atoms with E-state index in [1.807, 2.05) is 0 Å². The van der Waals surface area contributed by atoms with Crippen LogP contribution < -0.4 is 5.32 Å². The molecule has 0 aliphatic carbocycles. The maximum Gasteiger partial charge on any atom is 0.264 e. The van der Waals surface area contributed by atoms with Crippen LogP contribution in [0.4, 0.5) is 0 Å². The van der Waals surface area contributed by atoms with Gasteiger partial charge in [0.2, 0.25) is 0 Å². The first-order chi connectivity index (χ1) is 11.8. The SMILES string of the molecule is CON(C)S(=O)(=O)c1cccc(C(=O)NCC(C)CN2CCCC2)c1. The number of nitrogens with one attached hydrogen (secondary N) is 1. The van der Waals surface area contributed by atoms with Crippen molar-refractivity contribution in [1.82, 2.24) is 14.7 Å². The number of nitrogens with zero attached hydrogens (tertiary/aromatic N) is 2.